The zero-order chi connectivity index (χ0) is 12.1. The highest BCUT2D eigenvalue weighted by atomic mass is 32.2. The number of aliphatic hydroxyl groups is 1. The summed E-state index contributed by atoms with van der Waals surface area (Å²) in [7, 11) is 0.327. The van der Waals surface area contributed by atoms with Crippen molar-refractivity contribution < 1.29 is 18.8 Å². The van der Waals surface area contributed by atoms with Gasteiger partial charge in [-0.25, -0.2) is 4.79 Å². The van der Waals surface area contributed by atoms with Gasteiger partial charge in [0.05, 0.1) is 7.11 Å². The maximum absolute atomic E-state index is 11.1. The highest BCUT2D eigenvalue weighted by molar-refractivity contribution is 7.84. The number of carbonyl (C=O) groups is 1. The van der Waals surface area contributed by atoms with Crippen LogP contribution in [0.25, 0.3) is 0 Å². The summed E-state index contributed by atoms with van der Waals surface area (Å²) in [4.78, 5) is 11.1. The second-order valence-electron chi connectivity index (χ2n) is 3.79. The molecule has 0 spiro atoms. The molecule has 90 valence electrons. The second kappa shape index (κ2) is 6.19. The van der Waals surface area contributed by atoms with E-state index in [1.807, 2.05) is 6.92 Å². The zero-order valence-electron chi connectivity index (χ0n) is 9.57. The molecule has 0 aliphatic carbocycles. The van der Waals surface area contributed by atoms with Gasteiger partial charge in [0, 0.05) is 35.4 Å². The van der Waals surface area contributed by atoms with Crippen molar-refractivity contribution in [2.75, 3.05) is 25.7 Å². The molecule has 0 saturated carbocycles. The van der Waals surface area contributed by atoms with Gasteiger partial charge < -0.3 is 15.2 Å². The van der Waals surface area contributed by atoms with E-state index in [9.17, 15) is 14.1 Å². The van der Waals surface area contributed by atoms with Crippen LogP contribution >= 0.6 is 0 Å². The molecule has 0 fully saturated rings. The Hall–Kier alpha value is -0.460. The molecule has 2 N–H and O–H groups in total. The number of ether oxygens (including phenoxy) is 1. The van der Waals surface area contributed by atoms with E-state index in [1.165, 1.54) is 14.0 Å². The topological polar surface area (TPSA) is 75.6 Å². The van der Waals surface area contributed by atoms with Gasteiger partial charge >= 0.3 is 5.97 Å². The van der Waals surface area contributed by atoms with Gasteiger partial charge in [0.1, 0.15) is 0 Å². The van der Waals surface area contributed by atoms with Crippen molar-refractivity contribution in [1.82, 2.24) is 5.32 Å². The summed E-state index contributed by atoms with van der Waals surface area (Å²) in [6.07, 6.45) is 1.61. The summed E-state index contributed by atoms with van der Waals surface area (Å²) in [5, 5.41) is 12.6. The fourth-order valence-electron chi connectivity index (χ4n) is 1.08. The summed E-state index contributed by atoms with van der Waals surface area (Å²) in [6, 6.07) is -0.0213. The molecule has 0 radical (unpaired) electrons. The van der Waals surface area contributed by atoms with Crippen LogP contribution in [0.4, 0.5) is 0 Å². The number of carbonyl (C=O) groups excluding carboxylic acids is 1. The fourth-order valence-corrected chi connectivity index (χ4v) is 1.90. The summed E-state index contributed by atoms with van der Waals surface area (Å²) in [5.74, 6) is -0.197. The Bertz CT molecular complexity index is 242. The molecule has 0 aromatic rings. The molecule has 0 saturated heterocycles. The monoisotopic (exact) mass is 237 g/mol. The molecule has 3 unspecified atom stereocenters. The van der Waals surface area contributed by atoms with Crippen LogP contribution < -0.4 is 5.32 Å². The molecule has 0 aliphatic rings. The molecule has 0 heterocycles. The average molecular weight is 237 g/mol. The molecule has 0 aromatic heterocycles. The smallest absolute Gasteiger partial charge is 0.338 e. The Morgan fingerprint density at radius 1 is 1.67 bits per heavy atom. The van der Waals surface area contributed by atoms with Gasteiger partial charge in [-0.3, -0.25) is 4.21 Å². The number of methoxy groups -OCH3 is 1. The minimum atomic E-state index is -1.54. The van der Waals surface area contributed by atoms with Crippen LogP contribution in [0.15, 0.2) is 0 Å². The van der Waals surface area contributed by atoms with Crippen molar-refractivity contribution in [2.45, 2.75) is 25.5 Å². The van der Waals surface area contributed by atoms with Gasteiger partial charge in [-0.05, 0) is 13.8 Å². The number of hydrogen-bond donors (Lipinski definition) is 2. The number of rotatable bonds is 6. The minimum Gasteiger partial charge on any atom is -0.467 e. The Labute approximate surface area is 92.7 Å². The first-order chi connectivity index (χ1) is 6.79. The molecule has 3 atom stereocenters. The Kier molecular flexibility index (Phi) is 6.00. The lowest BCUT2D eigenvalue weighted by atomic mass is 10.1. The lowest BCUT2D eigenvalue weighted by molar-refractivity contribution is -0.160. The highest BCUT2D eigenvalue weighted by Gasteiger charge is 2.31. The van der Waals surface area contributed by atoms with E-state index in [0.29, 0.717) is 5.75 Å². The highest BCUT2D eigenvalue weighted by Crippen LogP contribution is 2.04. The fraction of sp³-hybridized carbons (Fsp3) is 0.889. The molecular formula is C9H19NO4S. The Morgan fingerprint density at radius 3 is 2.60 bits per heavy atom. The van der Waals surface area contributed by atoms with Crippen LogP contribution in [-0.2, 0) is 20.3 Å². The van der Waals surface area contributed by atoms with Crippen LogP contribution in [0.1, 0.15) is 13.8 Å². The molecule has 15 heavy (non-hydrogen) atoms. The van der Waals surface area contributed by atoms with Crippen LogP contribution in [0.3, 0.4) is 0 Å². The summed E-state index contributed by atoms with van der Waals surface area (Å²) < 4.78 is 15.3. The molecule has 0 aromatic carbocycles. The third-order valence-corrected chi connectivity index (χ3v) is 2.87. The standard InChI is InChI=1S/C9H19NO4S/c1-7(5-15(4)13)10-6-9(2,12)8(11)14-3/h7,10,12H,5-6H2,1-4H3. The van der Waals surface area contributed by atoms with E-state index in [0.717, 1.165) is 0 Å². The number of esters is 1. The van der Waals surface area contributed by atoms with E-state index in [-0.39, 0.29) is 12.6 Å². The third kappa shape index (κ3) is 5.86. The molecule has 0 rings (SSSR count). The summed E-state index contributed by atoms with van der Waals surface area (Å²) in [5.41, 5.74) is -1.54. The number of nitrogens with one attached hydrogen (secondary N) is 1. The maximum Gasteiger partial charge on any atom is 0.338 e. The van der Waals surface area contributed by atoms with E-state index >= 15 is 0 Å². The quantitative estimate of drug-likeness (QED) is 0.596. The van der Waals surface area contributed by atoms with E-state index in [2.05, 4.69) is 10.1 Å². The third-order valence-electron chi connectivity index (χ3n) is 1.90. The van der Waals surface area contributed by atoms with E-state index < -0.39 is 22.4 Å². The van der Waals surface area contributed by atoms with Crippen molar-refractivity contribution in [3.05, 3.63) is 0 Å². The van der Waals surface area contributed by atoms with Crippen molar-refractivity contribution in [3.63, 3.8) is 0 Å². The Balaban J connectivity index is 4.03. The van der Waals surface area contributed by atoms with Crippen LogP contribution in [-0.4, -0.2) is 52.6 Å². The van der Waals surface area contributed by atoms with Gasteiger partial charge in [0.15, 0.2) is 5.60 Å². The van der Waals surface area contributed by atoms with E-state index in [1.54, 1.807) is 6.26 Å². The first-order valence-electron chi connectivity index (χ1n) is 4.64. The van der Waals surface area contributed by atoms with Gasteiger partial charge in [0.25, 0.3) is 0 Å². The first-order valence-corrected chi connectivity index (χ1v) is 6.36. The lowest BCUT2D eigenvalue weighted by Crippen LogP contribution is -2.48. The molecule has 0 bridgehead atoms. The largest absolute Gasteiger partial charge is 0.467 e. The predicted molar refractivity (Wildman–Crippen MR) is 59.0 cm³/mol. The molecule has 0 amide bonds. The normalized spacial score (nSPS) is 19.0. The summed E-state index contributed by atoms with van der Waals surface area (Å²) in [6.45, 7) is 3.30. The van der Waals surface area contributed by atoms with Gasteiger partial charge in [-0.15, -0.1) is 0 Å². The van der Waals surface area contributed by atoms with Crippen molar-refractivity contribution in [3.8, 4) is 0 Å². The van der Waals surface area contributed by atoms with Crippen LogP contribution in [0.2, 0.25) is 0 Å². The van der Waals surface area contributed by atoms with Gasteiger partial charge in [0.2, 0.25) is 0 Å². The molecule has 0 aliphatic heterocycles. The maximum atomic E-state index is 11.1. The van der Waals surface area contributed by atoms with Gasteiger partial charge in [-0.1, -0.05) is 0 Å². The van der Waals surface area contributed by atoms with Crippen LogP contribution in [0.5, 0.6) is 0 Å². The van der Waals surface area contributed by atoms with Gasteiger partial charge in [-0.2, -0.15) is 0 Å². The minimum absolute atomic E-state index is 0.0213. The SMILES string of the molecule is COC(=O)C(C)(O)CNC(C)CS(C)=O. The molecule has 5 nitrogen and oxygen atoms in total. The van der Waals surface area contributed by atoms with Crippen molar-refractivity contribution in [2.24, 2.45) is 0 Å². The van der Waals surface area contributed by atoms with Crippen molar-refractivity contribution >= 4 is 16.8 Å². The summed E-state index contributed by atoms with van der Waals surface area (Å²) >= 11 is 0. The zero-order valence-corrected chi connectivity index (χ0v) is 10.4. The Morgan fingerprint density at radius 2 is 2.20 bits per heavy atom. The second-order valence-corrected chi connectivity index (χ2v) is 5.27. The van der Waals surface area contributed by atoms with E-state index in [4.69, 9.17) is 0 Å². The van der Waals surface area contributed by atoms with Crippen molar-refractivity contribution in [1.29, 1.82) is 0 Å². The molecule has 6 heteroatoms. The molecular weight excluding hydrogens is 218 g/mol. The first kappa shape index (κ1) is 14.5. The lowest BCUT2D eigenvalue weighted by Gasteiger charge is -2.22. The average Bonchev–Trinajstić information content (AvgIpc) is 2.12. The van der Waals surface area contributed by atoms with Crippen LogP contribution in [0, 0.1) is 0 Å². The predicted octanol–water partition coefficient (Wildman–Crippen LogP) is -0.733. The number of hydrogen-bond acceptors (Lipinski definition) is 5.